The van der Waals surface area contributed by atoms with Crippen LogP contribution in [0.3, 0.4) is 0 Å². The van der Waals surface area contributed by atoms with E-state index in [1.165, 1.54) is 108 Å². The Labute approximate surface area is 608 Å². The van der Waals surface area contributed by atoms with E-state index in [1.807, 2.05) is 33.8 Å². The molecule has 25 nitrogen and oxygen atoms in total. The number of hydrogen-bond donors (Lipinski definition) is 3. The summed E-state index contributed by atoms with van der Waals surface area (Å²) in [6.07, 6.45) is 5.68. The fourth-order valence-corrected chi connectivity index (χ4v) is 16.9. The molecule has 7 aliphatic rings. The maximum Gasteiger partial charge on any atom is 0.394 e. The van der Waals surface area contributed by atoms with Crippen molar-refractivity contribution in [2.75, 3.05) is 89.7 Å². The summed E-state index contributed by atoms with van der Waals surface area (Å²) in [7, 11) is 12.9. The van der Waals surface area contributed by atoms with Crippen molar-refractivity contribution in [3.8, 4) is 0 Å². The third kappa shape index (κ3) is 20.4. The third-order valence-electron chi connectivity index (χ3n) is 23.9. The van der Waals surface area contributed by atoms with Gasteiger partial charge in [0, 0.05) is 76.6 Å². The van der Waals surface area contributed by atoms with E-state index in [0.717, 1.165) is 38.5 Å². The Kier molecular flexibility index (Phi) is 29.5. The number of methoxy groups -OCH3 is 1. The number of hydrogen-bond acceptors (Lipinski definition) is 13. The standard InChI is InChI=1S/C75H121F3N12O13/c1-16-48(6)63-71(100)84(10)44-62(93)85(11)54-25-18-17-21-36-89(70(54)99)58(39-49-28-26-46(4)27-29-49)69(98)83(9)43-60(91)79-53(33-31-50-30-32-52(75(76,77)78)59(40-50)103-15)67(96)90-42-47(5)38-56(90)66(95)81-74(34-22-35-74)73(102)88(14)64(51-23-19-20-24-51)72(101)87(13)57(68(97)82(7)8)41-61(92)86(12)55(37-45(2)3)65(94)80-63/h17-18,45-59,63-64H,16,19-44H2,1-15H3,(H,79,91)(H,80,94)(H,81,95)/b18-17-/t46?,47-,48-,49?,50?,52?,53-,54-,55-,56-,57-,58-,59?,63-,64-/m0/s1. The molecule has 4 aliphatic carbocycles. The minimum atomic E-state index is -4.51. The van der Waals surface area contributed by atoms with Gasteiger partial charge >= 0.3 is 6.18 Å². The van der Waals surface area contributed by atoms with Gasteiger partial charge in [-0.3, -0.25) is 57.5 Å². The first-order chi connectivity index (χ1) is 48.4. The molecule has 3 N–H and O–H groups in total. The van der Waals surface area contributed by atoms with E-state index >= 15 is 28.8 Å². The minimum Gasteiger partial charge on any atom is -0.381 e. The van der Waals surface area contributed by atoms with Gasteiger partial charge in [0.2, 0.25) is 70.9 Å². The Balaban J connectivity index is 1.30. The number of carbonyl (C=O) groups is 12. The number of rotatable bonds is 12. The molecule has 13 atom stereocenters. The smallest absolute Gasteiger partial charge is 0.381 e. The molecule has 1 spiro atoms. The zero-order chi connectivity index (χ0) is 76.3. The second-order valence-electron chi connectivity index (χ2n) is 32.2. The number of halogens is 3. The monoisotopic (exact) mass is 1450 g/mol. The normalized spacial score (nSPS) is 32.0. The summed E-state index contributed by atoms with van der Waals surface area (Å²) in [5, 5.41) is 8.86. The average Bonchev–Trinajstić information content (AvgIpc) is 1.52. The molecule has 6 fully saturated rings. The Bertz CT molecular complexity index is 3060. The summed E-state index contributed by atoms with van der Waals surface area (Å²) in [6.45, 7) is 10.4. The van der Waals surface area contributed by atoms with Crippen LogP contribution in [0.15, 0.2) is 12.2 Å². The van der Waals surface area contributed by atoms with Crippen LogP contribution in [0.2, 0.25) is 0 Å². The van der Waals surface area contributed by atoms with E-state index in [-0.39, 0.29) is 107 Å². The van der Waals surface area contributed by atoms with Crippen molar-refractivity contribution in [2.45, 2.75) is 255 Å². The maximum absolute atomic E-state index is 15.5. The van der Waals surface area contributed by atoms with Gasteiger partial charge < -0.3 is 64.8 Å². The zero-order valence-electron chi connectivity index (χ0n) is 64.0. The summed E-state index contributed by atoms with van der Waals surface area (Å²) in [6, 6.07) is -9.81. The van der Waals surface area contributed by atoms with Gasteiger partial charge in [0.05, 0.1) is 31.5 Å². The van der Waals surface area contributed by atoms with Crippen molar-refractivity contribution in [1.29, 1.82) is 0 Å². The van der Waals surface area contributed by atoms with Gasteiger partial charge in [0.15, 0.2) is 0 Å². The fraction of sp³-hybridized carbons (Fsp3) is 0.813. The Morgan fingerprint density at radius 3 is 1.89 bits per heavy atom. The lowest BCUT2D eigenvalue weighted by atomic mass is 9.74. The first kappa shape index (κ1) is 83.4. The van der Waals surface area contributed by atoms with E-state index < -0.39 is 174 Å². The SMILES string of the molecule is CC[C@H](C)[C@@H]1NC(=O)[C@H](CC(C)C)N(C)C(=O)C[C@@H](C(=O)N(C)C)N(C)C(=O)[C@H](C2CCCC2)N(C)C(=O)C2(CCC2)NC(=O)[C@@H]2C[C@H](C)CN2C(=O)[C@H](CCC2CCC(C(F)(F)F)C(OC)C2)NC(=O)CN(C)C(=O)[C@H](CC2CCC(C)CC2)N2CC/C=C\C[C@@H](C2=O)N(C)C(=O)CN(C)C1=O. The number of likely N-dealkylation sites (N-methyl/N-ethyl adjacent to an activating group) is 7. The van der Waals surface area contributed by atoms with Crippen LogP contribution in [-0.2, 0) is 62.3 Å². The summed E-state index contributed by atoms with van der Waals surface area (Å²) in [5.74, 6) is -10.5. The lowest BCUT2D eigenvalue weighted by molar-refractivity contribution is -0.215. The molecule has 3 heterocycles. The molecule has 7 rings (SSSR count). The second kappa shape index (κ2) is 36.4. The number of amides is 12. The molecular weight excluding hydrogens is 1330 g/mol. The number of carbonyl (C=O) groups excluding carboxylic acids is 12. The largest absolute Gasteiger partial charge is 0.394 e. The van der Waals surface area contributed by atoms with Crippen molar-refractivity contribution in [3.63, 3.8) is 0 Å². The number of fused-ring (bicyclic) bond motifs is 3. The Hall–Kier alpha value is -6.87. The first-order valence-corrected chi connectivity index (χ1v) is 38.0. The molecule has 2 bridgehead atoms. The molecule has 28 heteroatoms. The highest BCUT2D eigenvalue weighted by Gasteiger charge is 2.54. The van der Waals surface area contributed by atoms with Crippen LogP contribution in [0.25, 0.3) is 0 Å². The highest BCUT2D eigenvalue weighted by Crippen LogP contribution is 2.44. The molecule has 0 aromatic heterocycles. The van der Waals surface area contributed by atoms with Gasteiger partial charge in [-0.15, -0.1) is 0 Å². The highest BCUT2D eigenvalue weighted by atomic mass is 19.4. The molecular formula is C75H121F3N12O13. The van der Waals surface area contributed by atoms with Crippen LogP contribution in [0.1, 0.15) is 189 Å². The second-order valence-corrected chi connectivity index (χ2v) is 32.2. The maximum atomic E-state index is 15.5. The van der Waals surface area contributed by atoms with E-state index in [2.05, 4.69) is 22.9 Å². The molecule has 12 amide bonds. The third-order valence-corrected chi connectivity index (χ3v) is 23.9. The van der Waals surface area contributed by atoms with Crippen LogP contribution in [0.5, 0.6) is 0 Å². The summed E-state index contributed by atoms with van der Waals surface area (Å²) in [4.78, 5) is 193. The summed E-state index contributed by atoms with van der Waals surface area (Å²) < 4.78 is 48.2. The van der Waals surface area contributed by atoms with Crippen molar-refractivity contribution >= 4 is 70.9 Å². The predicted molar refractivity (Wildman–Crippen MR) is 380 cm³/mol. The predicted octanol–water partition coefficient (Wildman–Crippen LogP) is 5.77. The number of nitrogens with zero attached hydrogens (tertiary/aromatic N) is 9. The van der Waals surface area contributed by atoms with Crippen LogP contribution in [-0.4, -0.2) is 271 Å². The molecule has 4 saturated carbocycles. The first-order valence-electron chi connectivity index (χ1n) is 38.0. The van der Waals surface area contributed by atoms with E-state index in [1.54, 1.807) is 13.0 Å². The van der Waals surface area contributed by atoms with Crippen LogP contribution < -0.4 is 16.0 Å². The van der Waals surface area contributed by atoms with Gasteiger partial charge in [0.1, 0.15) is 53.9 Å². The van der Waals surface area contributed by atoms with Crippen molar-refractivity contribution in [3.05, 3.63) is 12.2 Å². The molecule has 0 radical (unpaired) electrons. The van der Waals surface area contributed by atoms with Crippen LogP contribution >= 0.6 is 0 Å². The molecule has 3 aliphatic heterocycles. The van der Waals surface area contributed by atoms with Crippen molar-refractivity contribution in [2.24, 2.45) is 47.3 Å². The summed E-state index contributed by atoms with van der Waals surface area (Å²) >= 11 is 0. The van der Waals surface area contributed by atoms with Crippen molar-refractivity contribution in [1.82, 2.24) is 60.0 Å². The molecule has 2 saturated heterocycles. The van der Waals surface area contributed by atoms with Gasteiger partial charge in [0.25, 0.3) is 0 Å². The zero-order valence-corrected chi connectivity index (χ0v) is 64.0. The number of ether oxygens (including phenoxy) is 1. The Morgan fingerprint density at radius 1 is 0.660 bits per heavy atom. The van der Waals surface area contributed by atoms with Gasteiger partial charge in [-0.2, -0.15) is 13.2 Å². The Morgan fingerprint density at radius 2 is 1.30 bits per heavy atom. The number of nitrogens with one attached hydrogen (secondary N) is 3. The van der Waals surface area contributed by atoms with Gasteiger partial charge in [-0.05, 0) is 138 Å². The van der Waals surface area contributed by atoms with E-state index in [4.69, 9.17) is 4.74 Å². The lowest BCUT2D eigenvalue weighted by Crippen LogP contribution is -2.68. The van der Waals surface area contributed by atoms with E-state index in [0.29, 0.717) is 38.0 Å². The fourth-order valence-electron chi connectivity index (χ4n) is 16.9. The molecule has 0 aromatic rings. The quantitative estimate of drug-likeness (QED) is 0.196. The van der Waals surface area contributed by atoms with E-state index in [9.17, 15) is 41.9 Å². The highest BCUT2D eigenvalue weighted by molar-refractivity contribution is 6.01. The average molecular weight is 1460 g/mol. The van der Waals surface area contributed by atoms with Crippen molar-refractivity contribution < 1.29 is 75.4 Å². The molecule has 103 heavy (non-hydrogen) atoms. The lowest BCUT2D eigenvalue weighted by Gasteiger charge is -2.46. The van der Waals surface area contributed by atoms with Gasteiger partial charge in [-0.1, -0.05) is 98.6 Å². The molecule has 580 valence electrons. The molecule has 0 aromatic carbocycles. The topological polar surface area (TPSA) is 279 Å². The summed E-state index contributed by atoms with van der Waals surface area (Å²) in [5.41, 5.74) is -1.54. The molecule has 3 unspecified atom stereocenters. The van der Waals surface area contributed by atoms with Gasteiger partial charge in [-0.25, -0.2) is 0 Å². The van der Waals surface area contributed by atoms with Crippen LogP contribution in [0.4, 0.5) is 13.2 Å². The number of alkyl halides is 3. The minimum absolute atomic E-state index is 0.00762. The van der Waals surface area contributed by atoms with Crippen LogP contribution in [0, 0.1) is 47.3 Å².